The van der Waals surface area contributed by atoms with Gasteiger partial charge in [-0.05, 0) is 6.92 Å². The SMILES string of the molecule is Cc1nn(C)c(C(=O)N(C)C[C@H]2COCCO2)c1Cl. The Morgan fingerprint density at radius 1 is 1.58 bits per heavy atom. The van der Waals surface area contributed by atoms with Gasteiger partial charge in [0.15, 0.2) is 0 Å². The molecule has 1 amide bonds. The number of aromatic nitrogens is 2. The van der Waals surface area contributed by atoms with Crippen LogP contribution >= 0.6 is 11.6 Å². The van der Waals surface area contributed by atoms with E-state index in [2.05, 4.69) is 5.10 Å². The number of halogens is 1. The van der Waals surface area contributed by atoms with E-state index in [9.17, 15) is 4.79 Å². The van der Waals surface area contributed by atoms with Gasteiger partial charge in [0.25, 0.3) is 5.91 Å². The molecule has 1 atom stereocenters. The number of carbonyl (C=O) groups is 1. The first-order chi connectivity index (χ1) is 9.00. The van der Waals surface area contributed by atoms with Gasteiger partial charge in [0.1, 0.15) is 5.69 Å². The van der Waals surface area contributed by atoms with Gasteiger partial charge in [-0.3, -0.25) is 9.48 Å². The van der Waals surface area contributed by atoms with Crippen LogP contribution in [-0.4, -0.2) is 60.1 Å². The molecule has 0 unspecified atom stereocenters. The van der Waals surface area contributed by atoms with Gasteiger partial charge < -0.3 is 14.4 Å². The second kappa shape index (κ2) is 5.90. The molecule has 0 spiro atoms. The summed E-state index contributed by atoms with van der Waals surface area (Å²) >= 11 is 6.11. The van der Waals surface area contributed by atoms with Crippen molar-refractivity contribution in [2.45, 2.75) is 13.0 Å². The van der Waals surface area contributed by atoms with Crippen LogP contribution in [0, 0.1) is 6.92 Å². The summed E-state index contributed by atoms with van der Waals surface area (Å²) in [7, 11) is 3.43. The molecule has 1 aliphatic heterocycles. The quantitative estimate of drug-likeness (QED) is 0.828. The van der Waals surface area contributed by atoms with Crippen molar-refractivity contribution in [1.29, 1.82) is 0 Å². The van der Waals surface area contributed by atoms with Crippen LogP contribution in [0.4, 0.5) is 0 Å². The van der Waals surface area contributed by atoms with Gasteiger partial charge >= 0.3 is 0 Å². The number of aryl methyl sites for hydroxylation is 2. The van der Waals surface area contributed by atoms with Gasteiger partial charge in [0, 0.05) is 20.6 Å². The fourth-order valence-electron chi connectivity index (χ4n) is 2.08. The first kappa shape index (κ1) is 14.3. The summed E-state index contributed by atoms with van der Waals surface area (Å²) in [4.78, 5) is 13.9. The highest BCUT2D eigenvalue weighted by Crippen LogP contribution is 2.20. The zero-order chi connectivity index (χ0) is 14.0. The number of ether oxygens (including phenoxy) is 2. The maximum Gasteiger partial charge on any atom is 0.273 e. The standard InChI is InChI=1S/C12H18ClN3O3/c1-8-10(13)11(16(3)14-8)12(17)15(2)6-9-7-18-4-5-19-9/h9H,4-7H2,1-3H3/t9-/m0/s1. The van der Waals surface area contributed by atoms with Gasteiger partial charge in [-0.1, -0.05) is 11.6 Å². The minimum absolute atomic E-state index is 0.0872. The third kappa shape index (κ3) is 3.08. The molecular weight excluding hydrogens is 270 g/mol. The van der Waals surface area contributed by atoms with E-state index in [-0.39, 0.29) is 12.0 Å². The van der Waals surface area contributed by atoms with Gasteiger partial charge in [-0.15, -0.1) is 0 Å². The summed E-state index contributed by atoms with van der Waals surface area (Å²) in [5, 5.41) is 4.55. The highest BCUT2D eigenvalue weighted by molar-refractivity contribution is 6.34. The molecule has 2 rings (SSSR count). The Balaban J connectivity index is 2.05. The summed E-state index contributed by atoms with van der Waals surface area (Å²) in [6, 6.07) is 0. The van der Waals surface area contributed by atoms with Crippen molar-refractivity contribution >= 4 is 17.5 Å². The Morgan fingerprint density at radius 2 is 2.32 bits per heavy atom. The summed E-state index contributed by atoms with van der Waals surface area (Å²) in [5.41, 5.74) is 1.05. The molecule has 1 fully saturated rings. The first-order valence-electron chi connectivity index (χ1n) is 6.14. The van der Waals surface area contributed by atoms with Crippen LogP contribution in [0.1, 0.15) is 16.2 Å². The van der Waals surface area contributed by atoms with Crippen molar-refractivity contribution in [2.24, 2.45) is 7.05 Å². The van der Waals surface area contributed by atoms with Crippen LogP contribution in [0.3, 0.4) is 0 Å². The molecule has 0 bridgehead atoms. The summed E-state index contributed by atoms with van der Waals surface area (Å²) < 4.78 is 12.3. The lowest BCUT2D eigenvalue weighted by Crippen LogP contribution is -2.41. The van der Waals surface area contributed by atoms with Gasteiger partial charge in [-0.25, -0.2) is 0 Å². The molecule has 0 N–H and O–H groups in total. The molecule has 7 heteroatoms. The minimum atomic E-state index is -0.165. The molecule has 1 saturated heterocycles. The molecule has 1 aromatic heterocycles. The normalized spacial score (nSPS) is 19.5. The van der Waals surface area contributed by atoms with Crippen LogP contribution in [0.2, 0.25) is 5.02 Å². The van der Waals surface area contributed by atoms with Crippen molar-refractivity contribution in [3.05, 3.63) is 16.4 Å². The lowest BCUT2D eigenvalue weighted by molar-refractivity contribution is -0.0934. The second-order valence-corrected chi connectivity index (χ2v) is 5.00. The lowest BCUT2D eigenvalue weighted by atomic mass is 10.3. The minimum Gasteiger partial charge on any atom is -0.376 e. The Bertz CT molecular complexity index is 469. The molecule has 0 aromatic carbocycles. The summed E-state index contributed by atoms with van der Waals surface area (Å²) in [5.74, 6) is -0.165. The number of carbonyl (C=O) groups excluding carboxylic acids is 1. The number of hydrogen-bond donors (Lipinski definition) is 0. The predicted octanol–water partition coefficient (Wildman–Crippen LogP) is 0.869. The fraction of sp³-hybridized carbons (Fsp3) is 0.667. The maximum absolute atomic E-state index is 12.4. The van der Waals surface area contributed by atoms with Crippen molar-refractivity contribution in [3.8, 4) is 0 Å². The average molecular weight is 288 g/mol. The lowest BCUT2D eigenvalue weighted by Gasteiger charge is -2.27. The number of likely N-dealkylation sites (N-methyl/N-ethyl adjacent to an activating group) is 1. The topological polar surface area (TPSA) is 56.6 Å². The number of hydrogen-bond acceptors (Lipinski definition) is 4. The van der Waals surface area contributed by atoms with Crippen molar-refractivity contribution < 1.29 is 14.3 Å². The fourth-order valence-corrected chi connectivity index (χ4v) is 2.32. The highest BCUT2D eigenvalue weighted by Gasteiger charge is 2.25. The molecule has 0 aliphatic carbocycles. The monoisotopic (exact) mass is 287 g/mol. The molecule has 6 nitrogen and oxygen atoms in total. The van der Waals surface area contributed by atoms with E-state index in [0.717, 1.165) is 0 Å². The Labute approximate surface area is 117 Å². The van der Waals surface area contributed by atoms with E-state index in [4.69, 9.17) is 21.1 Å². The Morgan fingerprint density at radius 3 is 2.84 bits per heavy atom. The van der Waals surface area contributed by atoms with E-state index in [0.29, 0.717) is 42.8 Å². The third-order valence-electron chi connectivity index (χ3n) is 3.06. The Hall–Kier alpha value is -1.11. The van der Waals surface area contributed by atoms with Crippen molar-refractivity contribution in [3.63, 3.8) is 0 Å². The zero-order valence-corrected chi connectivity index (χ0v) is 12.1. The van der Waals surface area contributed by atoms with Gasteiger partial charge in [-0.2, -0.15) is 5.10 Å². The Kier molecular flexibility index (Phi) is 4.44. The smallest absolute Gasteiger partial charge is 0.273 e. The van der Waals surface area contributed by atoms with Crippen LogP contribution in [-0.2, 0) is 16.5 Å². The third-order valence-corrected chi connectivity index (χ3v) is 3.51. The van der Waals surface area contributed by atoms with Crippen LogP contribution in [0.25, 0.3) is 0 Å². The molecule has 1 aliphatic rings. The molecule has 1 aromatic rings. The molecule has 2 heterocycles. The highest BCUT2D eigenvalue weighted by atomic mass is 35.5. The molecular formula is C12H18ClN3O3. The van der Waals surface area contributed by atoms with E-state index in [1.165, 1.54) is 4.68 Å². The van der Waals surface area contributed by atoms with E-state index < -0.39 is 0 Å². The molecule has 19 heavy (non-hydrogen) atoms. The number of rotatable bonds is 3. The molecule has 0 saturated carbocycles. The van der Waals surface area contributed by atoms with Gasteiger partial charge in [0.05, 0.1) is 36.6 Å². The van der Waals surface area contributed by atoms with E-state index >= 15 is 0 Å². The van der Waals surface area contributed by atoms with E-state index in [1.807, 2.05) is 0 Å². The molecule has 106 valence electrons. The zero-order valence-electron chi connectivity index (χ0n) is 11.4. The second-order valence-electron chi connectivity index (χ2n) is 4.62. The first-order valence-corrected chi connectivity index (χ1v) is 6.52. The number of nitrogens with zero attached hydrogens (tertiary/aromatic N) is 3. The summed E-state index contributed by atoms with van der Waals surface area (Å²) in [6.45, 7) is 3.94. The van der Waals surface area contributed by atoms with Crippen molar-refractivity contribution in [1.82, 2.24) is 14.7 Å². The largest absolute Gasteiger partial charge is 0.376 e. The number of amides is 1. The predicted molar refractivity (Wildman–Crippen MR) is 70.5 cm³/mol. The maximum atomic E-state index is 12.4. The van der Waals surface area contributed by atoms with Crippen LogP contribution < -0.4 is 0 Å². The molecule has 0 radical (unpaired) electrons. The van der Waals surface area contributed by atoms with E-state index in [1.54, 1.807) is 25.9 Å². The average Bonchev–Trinajstić information content (AvgIpc) is 2.63. The van der Waals surface area contributed by atoms with Crippen molar-refractivity contribution in [2.75, 3.05) is 33.4 Å². The summed E-state index contributed by atoms with van der Waals surface area (Å²) in [6.07, 6.45) is -0.0872. The van der Waals surface area contributed by atoms with Gasteiger partial charge in [0.2, 0.25) is 0 Å². The van der Waals surface area contributed by atoms with Crippen LogP contribution in [0.15, 0.2) is 0 Å². The van der Waals surface area contributed by atoms with Crippen LogP contribution in [0.5, 0.6) is 0 Å².